The van der Waals surface area contributed by atoms with Crippen molar-refractivity contribution in [3.63, 3.8) is 0 Å². The minimum atomic E-state index is 0.113. The fourth-order valence-corrected chi connectivity index (χ4v) is 1.99. The first kappa shape index (κ1) is 12.6. The lowest BCUT2D eigenvalue weighted by atomic mass is 10.1. The Balaban J connectivity index is 2.02. The van der Waals surface area contributed by atoms with Crippen LogP contribution in [0.2, 0.25) is 0 Å². The molecule has 0 saturated carbocycles. The van der Waals surface area contributed by atoms with Crippen LogP contribution in [0.1, 0.15) is 32.0 Å². The summed E-state index contributed by atoms with van der Waals surface area (Å²) in [5, 5.41) is 6.13. The lowest BCUT2D eigenvalue weighted by molar-refractivity contribution is -0.122. The number of amides is 1. The Bertz CT molecular complexity index is 424. The molecule has 6 heteroatoms. The van der Waals surface area contributed by atoms with Crippen LogP contribution in [-0.2, 0) is 11.2 Å². The van der Waals surface area contributed by atoms with Crippen LogP contribution >= 0.6 is 0 Å². The van der Waals surface area contributed by atoms with Crippen molar-refractivity contribution in [2.75, 3.05) is 17.6 Å². The number of hydrogen-bond acceptors (Lipinski definition) is 5. The molecule has 4 N–H and O–H groups in total. The molecule has 98 valence electrons. The quantitative estimate of drug-likeness (QED) is 0.730. The van der Waals surface area contributed by atoms with Gasteiger partial charge in [-0.3, -0.25) is 4.79 Å². The number of nitrogens with one attached hydrogen (secondary N) is 2. The van der Waals surface area contributed by atoms with E-state index in [1.807, 2.05) is 0 Å². The van der Waals surface area contributed by atoms with E-state index in [4.69, 9.17) is 5.73 Å². The Morgan fingerprint density at radius 1 is 1.56 bits per heavy atom. The lowest BCUT2D eigenvalue weighted by Gasteiger charge is -2.24. The Kier molecular flexibility index (Phi) is 3.96. The molecule has 0 spiro atoms. The van der Waals surface area contributed by atoms with Crippen molar-refractivity contribution in [3.05, 3.63) is 11.9 Å². The normalized spacial score (nSPS) is 19.4. The molecule has 0 radical (unpaired) electrons. The summed E-state index contributed by atoms with van der Waals surface area (Å²) in [6.07, 6.45) is 3.18. The van der Waals surface area contributed by atoms with E-state index in [1.165, 1.54) is 0 Å². The number of aryl methyl sites for hydroxylation is 1. The first-order valence-corrected chi connectivity index (χ1v) is 6.34. The molecule has 2 rings (SSSR count). The van der Waals surface area contributed by atoms with Crippen LogP contribution in [0.25, 0.3) is 0 Å². The molecule has 6 nitrogen and oxygen atoms in total. The first-order chi connectivity index (χ1) is 8.67. The Hall–Kier alpha value is -1.85. The molecule has 0 aromatic carbocycles. The second-order valence-corrected chi connectivity index (χ2v) is 4.53. The molecule has 0 aliphatic carbocycles. The largest absolute Gasteiger partial charge is 0.384 e. The monoisotopic (exact) mass is 249 g/mol. The van der Waals surface area contributed by atoms with Crippen LogP contribution in [0.3, 0.4) is 0 Å². The molecule has 0 bridgehead atoms. The summed E-state index contributed by atoms with van der Waals surface area (Å²) in [7, 11) is 0. The standard InChI is InChI=1S/C12H19N5O/c1-2-3-10-16-9(13)6-11(17-10)15-8-4-5-12(18)14-7-8/h6,8H,2-5,7H2,1H3,(H,14,18)(H3,13,15,16,17). The van der Waals surface area contributed by atoms with Crippen molar-refractivity contribution in [2.24, 2.45) is 0 Å². The van der Waals surface area contributed by atoms with E-state index in [2.05, 4.69) is 27.5 Å². The van der Waals surface area contributed by atoms with Crippen LogP contribution < -0.4 is 16.4 Å². The minimum Gasteiger partial charge on any atom is -0.384 e. The van der Waals surface area contributed by atoms with E-state index in [0.29, 0.717) is 18.8 Å². The highest BCUT2D eigenvalue weighted by Crippen LogP contribution is 2.13. The number of anilines is 2. The average molecular weight is 249 g/mol. The number of hydrogen-bond donors (Lipinski definition) is 3. The van der Waals surface area contributed by atoms with Gasteiger partial charge < -0.3 is 16.4 Å². The van der Waals surface area contributed by atoms with Gasteiger partial charge in [-0.05, 0) is 12.8 Å². The number of nitrogen functional groups attached to an aromatic ring is 1. The molecule has 1 unspecified atom stereocenters. The minimum absolute atomic E-state index is 0.113. The molecule has 1 amide bonds. The summed E-state index contributed by atoms with van der Waals surface area (Å²) in [5.74, 6) is 2.10. The zero-order chi connectivity index (χ0) is 13.0. The summed E-state index contributed by atoms with van der Waals surface area (Å²) in [6.45, 7) is 2.71. The molecule has 1 fully saturated rings. The summed E-state index contributed by atoms with van der Waals surface area (Å²) in [5.41, 5.74) is 5.76. The van der Waals surface area contributed by atoms with Gasteiger partial charge in [0.05, 0.1) is 0 Å². The van der Waals surface area contributed by atoms with Crippen LogP contribution in [0.15, 0.2) is 6.07 Å². The van der Waals surface area contributed by atoms with Crippen molar-refractivity contribution in [2.45, 2.75) is 38.6 Å². The summed E-state index contributed by atoms with van der Waals surface area (Å²) in [6, 6.07) is 1.95. The van der Waals surface area contributed by atoms with Gasteiger partial charge in [-0.1, -0.05) is 6.92 Å². The Labute approximate surface area is 106 Å². The predicted molar refractivity (Wildman–Crippen MR) is 70.1 cm³/mol. The topological polar surface area (TPSA) is 92.9 Å². The number of piperidine rings is 1. The van der Waals surface area contributed by atoms with Crippen LogP contribution in [0.5, 0.6) is 0 Å². The maximum Gasteiger partial charge on any atom is 0.220 e. The van der Waals surface area contributed by atoms with Crippen molar-refractivity contribution >= 4 is 17.5 Å². The van der Waals surface area contributed by atoms with Crippen molar-refractivity contribution in [1.82, 2.24) is 15.3 Å². The zero-order valence-electron chi connectivity index (χ0n) is 10.6. The van der Waals surface area contributed by atoms with Crippen molar-refractivity contribution in [1.29, 1.82) is 0 Å². The maximum atomic E-state index is 11.1. The number of carbonyl (C=O) groups excluding carboxylic acids is 1. The number of aromatic nitrogens is 2. The summed E-state index contributed by atoms with van der Waals surface area (Å²) >= 11 is 0. The van der Waals surface area contributed by atoms with Gasteiger partial charge in [0.1, 0.15) is 17.5 Å². The van der Waals surface area contributed by atoms with Gasteiger partial charge >= 0.3 is 0 Å². The number of nitrogens with two attached hydrogens (primary N) is 1. The highest BCUT2D eigenvalue weighted by molar-refractivity contribution is 5.77. The van der Waals surface area contributed by atoms with E-state index in [9.17, 15) is 4.79 Å². The van der Waals surface area contributed by atoms with E-state index in [1.54, 1.807) is 6.07 Å². The lowest BCUT2D eigenvalue weighted by Crippen LogP contribution is -2.42. The first-order valence-electron chi connectivity index (χ1n) is 6.34. The Morgan fingerprint density at radius 3 is 3.06 bits per heavy atom. The fourth-order valence-electron chi connectivity index (χ4n) is 1.99. The number of carbonyl (C=O) groups is 1. The van der Waals surface area contributed by atoms with Gasteiger partial charge in [-0.25, -0.2) is 9.97 Å². The van der Waals surface area contributed by atoms with Gasteiger partial charge in [-0.15, -0.1) is 0 Å². The Morgan fingerprint density at radius 2 is 2.39 bits per heavy atom. The van der Waals surface area contributed by atoms with Gasteiger partial charge in [0, 0.05) is 31.5 Å². The van der Waals surface area contributed by atoms with Gasteiger partial charge in [0.2, 0.25) is 5.91 Å². The summed E-state index contributed by atoms with van der Waals surface area (Å²) in [4.78, 5) is 19.7. The van der Waals surface area contributed by atoms with Gasteiger partial charge in [0.25, 0.3) is 0 Å². The highest BCUT2D eigenvalue weighted by atomic mass is 16.1. The third-order valence-electron chi connectivity index (χ3n) is 2.88. The van der Waals surface area contributed by atoms with E-state index in [0.717, 1.165) is 30.9 Å². The molecule has 1 aliphatic heterocycles. The van der Waals surface area contributed by atoms with Gasteiger partial charge in [-0.2, -0.15) is 0 Å². The fraction of sp³-hybridized carbons (Fsp3) is 0.583. The summed E-state index contributed by atoms with van der Waals surface area (Å²) < 4.78 is 0. The van der Waals surface area contributed by atoms with Crippen molar-refractivity contribution in [3.8, 4) is 0 Å². The molecule has 1 saturated heterocycles. The second kappa shape index (κ2) is 5.66. The third kappa shape index (κ3) is 3.32. The predicted octanol–water partition coefficient (Wildman–Crippen LogP) is 0.702. The molecule has 18 heavy (non-hydrogen) atoms. The van der Waals surface area contributed by atoms with Crippen LogP contribution in [0.4, 0.5) is 11.6 Å². The average Bonchev–Trinajstić information content (AvgIpc) is 2.32. The van der Waals surface area contributed by atoms with Crippen molar-refractivity contribution < 1.29 is 4.79 Å². The molecule has 1 aromatic heterocycles. The molecular formula is C12H19N5O. The molecule has 2 heterocycles. The SMILES string of the molecule is CCCc1nc(N)cc(NC2CCC(=O)NC2)n1. The highest BCUT2D eigenvalue weighted by Gasteiger charge is 2.18. The molecule has 1 aromatic rings. The van der Waals surface area contributed by atoms with Gasteiger partial charge in [0.15, 0.2) is 0 Å². The third-order valence-corrected chi connectivity index (χ3v) is 2.88. The van der Waals surface area contributed by atoms with E-state index < -0.39 is 0 Å². The molecular weight excluding hydrogens is 230 g/mol. The molecule has 1 atom stereocenters. The smallest absolute Gasteiger partial charge is 0.220 e. The second-order valence-electron chi connectivity index (χ2n) is 4.53. The zero-order valence-corrected chi connectivity index (χ0v) is 10.6. The van der Waals surface area contributed by atoms with Crippen LogP contribution in [0, 0.1) is 0 Å². The number of nitrogens with zero attached hydrogens (tertiary/aromatic N) is 2. The van der Waals surface area contributed by atoms with Crippen LogP contribution in [-0.4, -0.2) is 28.5 Å². The molecule has 1 aliphatic rings. The number of rotatable bonds is 4. The van der Waals surface area contributed by atoms with E-state index >= 15 is 0 Å². The maximum absolute atomic E-state index is 11.1. The van der Waals surface area contributed by atoms with E-state index in [-0.39, 0.29) is 11.9 Å².